The maximum atomic E-state index is 13.9. The van der Waals surface area contributed by atoms with Gasteiger partial charge in [0, 0.05) is 24.5 Å². The molecule has 0 saturated carbocycles. The lowest BCUT2D eigenvalue weighted by molar-refractivity contribution is 0.422. The van der Waals surface area contributed by atoms with Crippen LogP contribution in [-0.2, 0) is 12.3 Å². The van der Waals surface area contributed by atoms with Gasteiger partial charge in [0.05, 0.1) is 11.3 Å². The summed E-state index contributed by atoms with van der Waals surface area (Å²) >= 11 is 1.38. The van der Waals surface area contributed by atoms with Gasteiger partial charge in [0.25, 0.3) is 5.89 Å². The molecule has 142 valence electrons. The van der Waals surface area contributed by atoms with Crippen LogP contribution in [0.2, 0.25) is 0 Å². The molecule has 4 aromatic rings. The Morgan fingerprint density at radius 3 is 2.71 bits per heavy atom. The molecule has 0 spiro atoms. The van der Waals surface area contributed by atoms with Crippen molar-refractivity contribution >= 4 is 11.8 Å². The molecule has 0 amide bonds. The Morgan fingerprint density at radius 1 is 1.11 bits per heavy atom. The summed E-state index contributed by atoms with van der Waals surface area (Å²) in [7, 11) is 0. The minimum Gasteiger partial charge on any atom is -0.334 e. The Morgan fingerprint density at radius 2 is 1.93 bits per heavy atom. The molecule has 7 nitrogen and oxygen atoms in total. The van der Waals surface area contributed by atoms with Crippen LogP contribution in [0, 0.1) is 11.6 Å². The summed E-state index contributed by atoms with van der Waals surface area (Å²) in [6.45, 7) is 2.68. The van der Waals surface area contributed by atoms with Gasteiger partial charge in [-0.2, -0.15) is 4.98 Å². The van der Waals surface area contributed by atoms with E-state index in [4.69, 9.17) is 4.52 Å². The molecule has 0 N–H and O–H groups in total. The maximum Gasteiger partial charge on any atom is 0.261 e. The topological polar surface area (TPSA) is 82.5 Å². The molecule has 0 aliphatic heterocycles. The zero-order valence-corrected chi connectivity index (χ0v) is 15.5. The molecule has 4 rings (SSSR count). The van der Waals surface area contributed by atoms with Gasteiger partial charge in [0.1, 0.15) is 11.6 Å². The molecule has 0 aliphatic carbocycles. The second-order valence-electron chi connectivity index (χ2n) is 5.71. The third-order valence-corrected chi connectivity index (χ3v) is 4.89. The summed E-state index contributed by atoms with van der Waals surface area (Å²) in [5.41, 5.74) is 0.847. The molecule has 28 heavy (non-hydrogen) atoms. The fraction of sp³-hybridized carbons (Fsp3) is 0.167. The van der Waals surface area contributed by atoms with Crippen molar-refractivity contribution in [2.75, 3.05) is 0 Å². The average Bonchev–Trinajstić information content (AvgIpc) is 3.35. The molecular weight excluding hydrogens is 386 g/mol. The number of hydrogen-bond acceptors (Lipinski definition) is 7. The van der Waals surface area contributed by atoms with E-state index in [0.717, 1.165) is 29.6 Å². The number of aromatic nitrogens is 6. The van der Waals surface area contributed by atoms with E-state index < -0.39 is 11.6 Å². The molecular formula is C18H14F2N6OS. The van der Waals surface area contributed by atoms with Gasteiger partial charge < -0.3 is 9.09 Å². The SMILES string of the molecule is CCn1c(SCc2noc(-c3cc(F)ccc3F)n2)nnc1-c1ccncc1. The number of nitrogens with zero attached hydrogens (tertiary/aromatic N) is 6. The lowest BCUT2D eigenvalue weighted by atomic mass is 10.2. The minimum atomic E-state index is -0.628. The van der Waals surface area contributed by atoms with Gasteiger partial charge in [-0.25, -0.2) is 8.78 Å². The molecule has 0 atom stereocenters. The van der Waals surface area contributed by atoms with Crippen LogP contribution in [0.15, 0.2) is 52.4 Å². The quantitative estimate of drug-likeness (QED) is 0.453. The lowest BCUT2D eigenvalue weighted by Gasteiger charge is -2.06. The molecule has 0 fully saturated rings. The van der Waals surface area contributed by atoms with Gasteiger partial charge in [-0.1, -0.05) is 16.9 Å². The average molecular weight is 400 g/mol. The first kappa shape index (κ1) is 18.2. The summed E-state index contributed by atoms with van der Waals surface area (Å²) in [4.78, 5) is 8.16. The monoisotopic (exact) mass is 400 g/mol. The van der Waals surface area contributed by atoms with Crippen molar-refractivity contribution in [3.63, 3.8) is 0 Å². The molecule has 0 aliphatic rings. The number of halogens is 2. The van der Waals surface area contributed by atoms with Crippen molar-refractivity contribution in [2.45, 2.75) is 24.4 Å². The summed E-state index contributed by atoms with van der Waals surface area (Å²) in [6.07, 6.45) is 3.40. The minimum absolute atomic E-state index is 0.0676. The normalized spacial score (nSPS) is 11.1. The standard InChI is InChI=1S/C18H14F2N6OS/c1-2-26-16(11-5-7-21-8-6-11)23-24-18(26)28-10-15-22-17(27-25-15)13-9-12(19)3-4-14(13)20/h3-9H,2,10H2,1H3. The predicted molar refractivity (Wildman–Crippen MR) is 98.1 cm³/mol. The Labute approximate surface area is 162 Å². The van der Waals surface area contributed by atoms with Crippen LogP contribution < -0.4 is 0 Å². The van der Waals surface area contributed by atoms with E-state index in [1.807, 2.05) is 23.6 Å². The summed E-state index contributed by atoms with van der Waals surface area (Å²) in [5, 5.41) is 13.0. The summed E-state index contributed by atoms with van der Waals surface area (Å²) in [5.74, 6) is 0.154. The molecule has 0 unspecified atom stereocenters. The molecule has 3 aromatic heterocycles. The van der Waals surface area contributed by atoms with Gasteiger partial charge in [0.2, 0.25) is 0 Å². The maximum absolute atomic E-state index is 13.9. The van der Waals surface area contributed by atoms with E-state index in [-0.39, 0.29) is 11.5 Å². The van der Waals surface area contributed by atoms with Gasteiger partial charge in [-0.05, 0) is 37.3 Å². The highest BCUT2D eigenvalue weighted by Crippen LogP contribution is 2.27. The van der Waals surface area contributed by atoms with Crippen LogP contribution >= 0.6 is 11.8 Å². The first-order valence-electron chi connectivity index (χ1n) is 8.40. The van der Waals surface area contributed by atoms with Crippen molar-refractivity contribution in [2.24, 2.45) is 0 Å². The van der Waals surface area contributed by atoms with Gasteiger partial charge in [0.15, 0.2) is 16.8 Å². The molecule has 3 heterocycles. The van der Waals surface area contributed by atoms with Crippen LogP contribution in [0.4, 0.5) is 8.78 Å². The summed E-state index contributed by atoms with van der Waals surface area (Å²) < 4.78 is 34.2. The molecule has 0 saturated heterocycles. The van der Waals surface area contributed by atoms with Crippen LogP contribution in [0.25, 0.3) is 22.8 Å². The van der Waals surface area contributed by atoms with Crippen molar-refractivity contribution in [3.8, 4) is 22.8 Å². The molecule has 10 heteroatoms. The fourth-order valence-corrected chi connectivity index (χ4v) is 3.45. The highest BCUT2D eigenvalue weighted by atomic mass is 32.2. The van der Waals surface area contributed by atoms with Crippen LogP contribution in [0.1, 0.15) is 12.7 Å². The highest BCUT2D eigenvalue weighted by molar-refractivity contribution is 7.98. The Bertz CT molecular complexity index is 1100. The second kappa shape index (κ2) is 7.85. The lowest BCUT2D eigenvalue weighted by Crippen LogP contribution is -2.00. The van der Waals surface area contributed by atoms with Crippen molar-refractivity contribution < 1.29 is 13.3 Å². The van der Waals surface area contributed by atoms with E-state index in [1.54, 1.807) is 12.4 Å². The van der Waals surface area contributed by atoms with E-state index in [1.165, 1.54) is 11.8 Å². The number of thioether (sulfide) groups is 1. The predicted octanol–water partition coefficient (Wildman–Crippen LogP) is 3.98. The van der Waals surface area contributed by atoms with Crippen molar-refractivity contribution in [1.82, 2.24) is 29.9 Å². The van der Waals surface area contributed by atoms with Gasteiger partial charge in [-0.3, -0.25) is 4.98 Å². The van der Waals surface area contributed by atoms with Crippen LogP contribution in [-0.4, -0.2) is 29.9 Å². The zero-order chi connectivity index (χ0) is 19.5. The number of benzene rings is 1. The molecule has 0 radical (unpaired) electrons. The first-order valence-corrected chi connectivity index (χ1v) is 9.38. The van der Waals surface area contributed by atoms with E-state index >= 15 is 0 Å². The molecule has 0 bridgehead atoms. The van der Waals surface area contributed by atoms with Gasteiger partial charge >= 0.3 is 0 Å². The van der Waals surface area contributed by atoms with Crippen LogP contribution in [0.5, 0.6) is 0 Å². The third kappa shape index (κ3) is 3.63. The Kier molecular flexibility index (Phi) is 5.11. The number of hydrogen-bond donors (Lipinski definition) is 0. The van der Waals surface area contributed by atoms with Crippen molar-refractivity contribution in [1.29, 1.82) is 0 Å². The number of rotatable bonds is 6. The number of pyridine rings is 1. The molecule has 1 aromatic carbocycles. The largest absolute Gasteiger partial charge is 0.334 e. The third-order valence-electron chi connectivity index (χ3n) is 3.93. The Balaban J connectivity index is 1.52. The van der Waals surface area contributed by atoms with E-state index in [9.17, 15) is 8.78 Å². The smallest absolute Gasteiger partial charge is 0.261 e. The van der Waals surface area contributed by atoms with Gasteiger partial charge in [-0.15, -0.1) is 10.2 Å². The summed E-state index contributed by atoms with van der Waals surface area (Å²) in [6, 6.07) is 6.80. The second-order valence-corrected chi connectivity index (χ2v) is 6.66. The fourth-order valence-electron chi connectivity index (χ4n) is 2.61. The highest BCUT2D eigenvalue weighted by Gasteiger charge is 2.17. The zero-order valence-electron chi connectivity index (χ0n) is 14.7. The Hall–Kier alpha value is -3.14. The van der Waals surface area contributed by atoms with Crippen LogP contribution in [0.3, 0.4) is 0 Å². The van der Waals surface area contributed by atoms with E-state index in [0.29, 0.717) is 23.3 Å². The van der Waals surface area contributed by atoms with Crippen molar-refractivity contribution in [3.05, 3.63) is 60.2 Å². The van der Waals surface area contributed by atoms with E-state index in [2.05, 4.69) is 25.3 Å². The first-order chi connectivity index (χ1) is 13.7.